The maximum Gasteiger partial charge on any atom is 0.353 e. The van der Waals surface area contributed by atoms with Gasteiger partial charge in [-0.2, -0.15) is 8.42 Å². The van der Waals surface area contributed by atoms with Crippen LogP contribution in [0.25, 0.3) is 0 Å². The van der Waals surface area contributed by atoms with Crippen LogP contribution in [0.2, 0.25) is 0 Å². The van der Waals surface area contributed by atoms with Crippen molar-refractivity contribution in [3.63, 3.8) is 0 Å². The zero-order valence-electron chi connectivity index (χ0n) is 15.3. The lowest BCUT2D eigenvalue weighted by Crippen LogP contribution is -2.68. The number of amides is 1. The zero-order chi connectivity index (χ0) is 21.0. The molecule has 3 heterocycles. The van der Waals surface area contributed by atoms with Gasteiger partial charge in [-0.15, -0.1) is 11.8 Å². The predicted molar refractivity (Wildman–Crippen MR) is 100.0 cm³/mol. The molecule has 1 amide bonds. The molecule has 0 aromatic rings. The molecule has 28 heavy (non-hydrogen) atoms. The van der Waals surface area contributed by atoms with E-state index in [9.17, 15) is 33.3 Å². The Hall–Kier alpha value is -1.22. The van der Waals surface area contributed by atoms with Crippen molar-refractivity contribution in [3.8, 4) is 0 Å². The highest BCUT2D eigenvalue weighted by atomic mass is 32.2. The molecule has 6 atom stereocenters. The summed E-state index contributed by atoms with van der Waals surface area (Å²) in [6.45, 7) is 3.44. The molecule has 3 rings (SSSR count). The molecule has 3 aliphatic rings. The summed E-state index contributed by atoms with van der Waals surface area (Å²) < 4.78 is 24.2. The van der Waals surface area contributed by atoms with Crippen molar-refractivity contribution >= 4 is 33.8 Å². The first-order valence-electron chi connectivity index (χ1n) is 8.73. The number of nitrogens with one attached hydrogen (secondary N) is 2. The van der Waals surface area contributed by atoms with Gasteiger partial charge < -0.3 is 20.6 Å². The number of aliphatic hydroxyl groups is 2. The number of aliphatic hydroxyl groups excluding tert-OH is 1. The number of carboxylic acid groups (broad SMARTS) is 1. The molecule has 0 spiro atoms. The number of aliphatic carboxylic acids is 1. The Bertz CT molecular complexity index is 826. The average Bonchev–Trinajstić information content (AvgIpc) is 3.06. The first-order valence-corrected chi connectivity index (χ1v) is 11.2. The summed E-state index contributed by atoms with van der Waals surface area (Å²) in [7, 11) is -3.81. The van der Waals surface area contributed by atoms with Crippen molar-refractivity contribution in [3.05, 3.63) is 10.6 Å². The molecule has 2 saturated heterocycles. The Balaban J connectivity index is 1.78. The first-order chi connectivity index (χ1) is 12.8. The molecule has 1 unspecified atom stereocenters. The van der Waals surface area contributed by atoms with Crippen LogP contribution in [0, 0.1) is 5.92 Å². The van der Waals surface area contributed by atoms with E-state index in [-0.39, 0.29) is 28.4 Å². The molecule has 0 radical (unpaired) electrons. The minimum Gasteiger partial charge on any atom is -0.477 e. The van der Waals surface area contributed by atoms with Gasteiger partial charge in [0.2, 0.25) is 5.91 Å². The number of nitrogens with zero attached hydrogens (tertiary/aromatic N) is 1. The lowest BCUT2D eigenvalue weighted by molar-refractivity contribution is -0.171. The number of β-lactam (4-membered cyclic amide) rings is 1. The fourth-order valence-corrected chi connectivity index (χ4v) is 6.03. The monoisotopic (exact) mass is 436 g/mol. The molecule has 0 bridgehead atoms. The van der Waals surface area contributed by atoms with Crippen molar-refractivity contribution in [1.29, 1.82) is 0 Å². The van der Waals surface area contributed by atoms with E-state index in [1.807, 2.05) is 0 Å². The zero-order valence-corrected chi connectivity index (χ0v) is 17.0. The van der Waals surface area contributed by atoms with Crippen LogP contribution in [0.4, 0.5) is 0 Å². The van der Waals surface area contributed by atoms with E-state index in [4.69, 9.17) is 5.14 Å². The van der Waals surface area contributed by atoms with Crippen molar-refractivity contribution in [1.82, 2.24) is 14.9 Å². The van der Waals surface area contributed by atoms with Crippen molar-refractivity contribution in [2.75, 3.05) is 13.1 Å². The van der Waals surface area contributed by atoms with Gasteiger partial charge in [-0.25, -0.2) is 14.7 Å². The maximum atomic E-state index is 12.4. The minimum absolute atomic E-state index is 0.0917. The van der Waals surface area contributed by atoms with E-state index in [2.05, 4.69) is 10.0 Å². The number of fused-ring (bicyclic) bond motifs is 1. The second kappa shape index (κ2) is 7.23. The summed E-state index contributed by atoms with van der Waals surface area (Å²) in [5.74, 6) is -2.70. The first kappa shape index (κ1) is 21.5. The second-order valence-corrected chi connectivity index (χ2v) is 10.2. The smallest absolute Gasteiger partial charge is 0.353 e. The maximum absolute atomic E-state index is 12.4. The fourth-order valence-electron chi connectivity index (χ4n) is 4.10. The van der Waals surface area contributed by atoms with E-state index < -0.39 is 45.8 Å². The topological polar surface area (TPSA) is 182 Å². The van der Waals surface area contributed by atoms with E-state index in [0.717, 1.165) is 16.7 Å². The number of carbonyl (C=O) groups excluding carboxylic acids is 1. The van der Waals surface area contributed by atoms with Crippen LogP contribution in [0.3, 0.4) is 0 Å². The summed E-state index contributed by atoms with van der Waals surface area (Å²) >= 11 is 1.16. The summed E-state index contributed by atoms with van der Waals surface area (Å²) in [6.07, 6.45) is -0.501. The molecule has 7 N–H and O–H groups in total. The Labute approximate surface area is 166 Å². The van der Waals surface area contributed by atoms with Crippen LogP contribution in [-0.2, 0) is 19.8 Å². The highest BCUT2D eigenvalue weighted by molar-refractivity contribution is 8.03. The van der Waals surface area contributed by atoms with Crippen LogP contribution in [0.5, 0.6) is 0 Å². The number of hydrogen-bond acceptors (Lipinski definition) is 8. The number of carboxylic acids is 1. The molecule has 0 saturated carbocycles. The molecule has 0 aromatic carbocycles. The molecular formula is C15H24N4O7S2. The third-order valence-electron chi connectivity index (χ3n) is 5.35. The number of rotatable bonds is 7. The standard InChI is InChI=1S/C15H24N4O7S2/c1-6(20)9-11-15(2,24)12(10(14(22)23)19(11)13(9)21)27-8-3-7(17-5-8)4-18-28(16,25)26/h6-9,11,17-18,20,24H,3-5H2,1-2H3,(H,22,23)(H2,16,25,26)/t6-,7+,8+,9-,11+,15?/m1/s1. The van der Waals surface area contributed by atoms with Gasteiger partial charge >= 0.3 is 5.97 Å². The second-order valence-electron chi connectivity index (χ2n) is 7.52. The van der Waals surface area contributed by atoms with E-state index in [1.165, 1.54) is 13.8 Å². The molecule has 2 fully saturated rings. The van der Waals surface area contributed by atoms with Crippen LogP contribution >= 0.6 is 11.8 Å². The largest absolute Gasteiger partial charge is 0.477 e. The van der Waals surface area contributed by atoms with Crippen molar-refractivity contribution in [2.45, 2.75) is 49.3 Å². The van der Waals surface area contributed by atoms with E-state index in [0.29, 0.717) is 13.0 Å². The number of carbonyl (C=O) groups is 2. The van der Waals surface area contributed by atoms with Crippen LogP contribution in [0.15, 0.2) is 10.6 Å². The van der Waals surface area contributed by atoms with Gasteiger partial charge in [0.1, 0.15) is 11.3 Å². The molecule has 158 valence electrons. The van der Waals surface area contributed by atoms with Gasteiger partial charge in [-0.1, -0.05) is 0 Å². The highest BCUT2D eigenvalue weighted by Gasteiger charge is 2.66. The van der Waals surface area contributed by atoms with Gasteiger partial charge in [0.05, 0.1) is 18.1 Å². The molecule has 0 aromatic heterocycles. The van der Waals surface area contributed by atoms with E-state index >= 15 is 0 Å². The average molecular weight is 437 g/mol. The predicted octanol–water partition coefficient (Wildman–Crippen LogP) is -2.49. The SMILES string of the molecule is C[C@@H](O)[C@H]1C(=O)N2C(C(=O)O)=C(S[C@@H]3CN[C@H](CNS(N)(=O)=O)C3)C(C)(O)[C@H]12. The Morgan fingerprint density at radius 2 is 2.18 bits per heavy atom. The molecule has 0 aliphatic carbocycles. The molecule has 11 nitrogen and oxygen atoms in total. The minimum atomic E-state index is -3.81. The molecule has 3 aliphatic heterocycles. The lowest BCUT2D eigenvalue weighted by Gasteiger charge is -2.48. The fraction of sp³-hybridized carbons (Fsp3) is 0.733. The third kappa shape index (κ3) is 3.67. The van der Waals surface area contributed by atoms with Crippen molar-refractivity contribution in [2.24, 2.45) is 11.1 Å². The highest BCUT2D eigenvalue weighted by Crippen LogP contribution is 2.53. The number of hydrogen-bond donors (Lipinski definition) is 6. The normalized spacial score (nSPS) is 36.5. The van der Waals surface area contributed by atoms with Crippen LogP contribution < -0.4 is 15.2 Å². The van der Waals surface area contributed by atoms with Gasteiger partial charge in [-0.3, -0.25) is 9.69 Å². The Morgan fingerprint density at radius 3 is 2.71 bits per heavy atom. The summed E-state index contributed by atoms with van der Waals surface area (Å²) in [5.41, 5.74) is -1.86. The van der Waals surface area contributed by atoms with E-state index in [1.54, 1.807) is 0 Å². The molecular weight excluding hydrogens is 412 g/mol. The van der Waals surface area contributed by atoms with Crippen LogP contribution in [-0.4, -0.2) is 82.6 Å². The third-order valence-corrected chi connectivity index (χ3v) is 7.46. The lowest BCUT2D eigenvalue weighted by atomic mass is 9.77. The van der Waals surface area contributed by atoms with Gasteiger partial charge in [0.15, 0.2) is 0 Å². The summed E-state index contributed by atoms with van der Waals surface area (Å²) in [4.78, 5) is 25.4. The van der Waals surface area contributed by atoms with Crippen LogP contribution in [0.1, 0.15) is 20.3 Å². The summed E-state index contributed by atoms with van der Waals surface area (Å²) in [6, 6.07) is -1.03. The summed E-state index contributed by atoms with van der Waals surface area (Å²) in [5, 5.41) is 38.5. The number of nitrogens with two attached hydrogens (primary N) is 1. The Kier molecular flexibility index (Phi) is 5.55. The van der Waals surface area contributed by atoms with Gasteiger partial charge in [0, 0.05) is 29.3 Å². The van der Waals surface area contributed by atoms with Gasteiger partial charge in [-0.05, 0) is 20.3 Å². The van der Waals surface area contributed by atoms with Crippen molar-refractivity contribution < 1.29 is 33.3 Å². The number of thioether (sulfide) groups is 1. The Morgan fingerprint density at radius 1 is 1.54 bits per heavy atom. The quantitative estimate of drug-likeness (QED) is 0.235. The van der Waals surface area contributed by atoms with Gasteiger partial charge in [0.25, 0.3) is 10.2 Å². The molecule has 13 heteroatoms.